The minimum Gasteiger partial charge on any atom is -0.396 e. The lowest BCUT2D eigenvalue weighted by molar-refractivity contribution is 0.111. The number of carbonyl (C=O) groups excluding carboxylic acids is 1. The summed E-state index contributed by atoms with van der Waals surface area (Å²) in [6, 6.07) is 0. The molecule has 1 aliphatic rings. The molecule has 0 aromatic carbocycles. The lowest BCUT2D eigenvalue weighted by atomic mass is 9.98. The van der Waals surface area contributed by atoms with Crippen LogP contribution < -0.4 is 4.90 Å². The van der Waals surface area contributed by atoms with Gasteiger partial charge in [-0.3, -0.25) is 4.79 Å². The zero-order valence-corrected chi connectivity index (χ0v) is 9.04. The van der Waals surface area contributed by atoms with Crippen molar-refractivity contribution in [1.29, 1.82) is 0 Å². The van der Waals surface area contributed by atoms with E-state index in [9.17, 15) is 4.79 Å². The molecule has 2 heterocycles. The molecule has 1 saturated heterocycles. The summed E-state index contributed by atoms with van der Waals surface area (Å²) in [5.74, 6) is 1.22. The van der Waals surface area contributed by atoms with Crippen LogP contribution >= 0.6 is 0 Å². The minimum absolute atomic E-state index is 0.267. The topological polar surface area (TPSA) is 66.3 Å². The predicted molar refractivity (Wildman–Crippen MR) is 59.4 cm³/mol. The highest BCUT2D eigenvalue weighted by atomic mass is 16.3. The van der Waals surface area contributed by atoms with Gasteiger partial charge in [0.15, 0.2) is 6.29 Å². The number of aliphatic hydroxyl groups excluding tert-OH is 1. The van der Waals surface area contributed by atoms with Crippen molar-refractivity contribution in [1.82, 2.24) is 9.97 Å². The second-order valence-corrected chi connectivity index (χ2v) is 4.03. The van der Waals surface area contributed by atoms with Crippen molar-refractivity contribution in [3.05, 3.63) is 18.1 Å². The molecule has 0 bridgehead atoms. The zero-order chi connectivity index (χ0) is 11.4. The Morgan fingerprint density at radius 1 is 1.38 bits per heavy atom. The highest BCUT2D eigenvalue weighted by Gasteiger charge is 2.19. The number of nitrogens with zero attached hydrogens (tertiary/aromatic N) is 3. The quantitative estimate of drug-likeness (QED) is 0.753. The van der Waals surface area contributed by atoms with Gasteiger partial charge < -0.3 is 10.0 Å². The number of aromatic nitrogens is 2. The fourth-order valence-corrected chi connectivity index (χ4v) is 1.90. The fraction of sp³-hybridized carbons (Fsp3) is 0.545. The first-order chi connectivity index (χ1) is 7.83. The van der Waals surface area contributed by atoms with E-state index in [1.807, 2.05) is 0 Å². The normalized spacial score (nSPS) is 17.4. The van der Waals surface area contributed by atoms with Gasteiger partial charge >= 0.3 is 0 Å². The van der Waals surface area contributed by atoms with Gasteiger partial charge in [0, 0.05) is 19.7 Å². The van der Waals surface area contributed by atoms with E-state index >= 15 is 0 Å². The Bertz CT molecular complexity index is 345. The summed E-state index contributed by atoms with van der Waals surface area (Å²) in [4.78, 5) is 20.7. The second-order valence-electron chi connectivity index (χ2n) is 4.03. The molecular formula is C11H15N3O2. The van der Waals surface area contributed by atoms with Crippen molar-refractivity contribution in [3.8, 4) is 0 Å². The van der Waals surface area contributed by atoms with E-state index in [1.54, 1.807) is 6.20 Å². The summed E-state index contributed by atoms with van der Waals surface area (Å²) in [5.41, 5.74) is 0.356. The van der Waals surface area contributed by atoms with E-state index in [2.05, 4.69) is 14.9 Å². The van der Waals surface area contributed by atoms with Crippen LogP contribution in [0, 0.1) is 5.92 Å². The van der Waals surface area contributed by atoms with Crippen LogP contribution in [0.5, 0.6) is 0 Å². The molecule has 86 valence electrons. The van der Waals surface area contributed by atoms with E-state index < -0.39 is 0 Å². The first-order valence-corrected chi connectivity index (χ1v) is 5.46. The predicted octanol–water partition coefficient (Wildman–Crippen LogP) is 0.498. The van der Waals surface area contributed by atoms with Gasteiger partial charge in [-0.05, 0) is 18.8 Å². The van der Waals surface area contributed by atoms with E-state index in [0.717, 1.165) is 31.7 Å². The summed E-state index contributed by atoms with van der Waals surface area (Å²) < 4.78 is 0. The highest BCUT2D eigenvalue weighted by Crippen LogP contribution is 2.20. The molecule has 1 fully saturated rings. The van der Waals surface area contributed by atoms with Crippen LogP contribution in [-0.2, 0) is 0 Å². The van der Waals surface area contributed by atoms with Gasteiger partial charge in [-0.2, -0.15) is 0 Å². The van der Waals surface area contributed by atoms with Crippen LogP contribution in [0.3, 0.4) is 0 Å². The van der Waals surface area contributed by atoms with Gasteiger partial charge in [0.05, 0.1) is 12.4 Å². The fourth-order valence-electron chi connectivity index (χ4n) is 1.90. The van der Waals surface area contributed by atoms with Crippen LogP contribution in [-0.4, -0.2) is 41.1 Å². The molecule has 1 aromatic rings. The molecular weight excluding hydrogens is 206 g/mol. The zero-order valence-electron chi connectivity index (χ0n) is 9.04. The standard InChI is InChI=1S/C11H15N3O2/c15-7-9-1-3-14(4-2-9)11-6-12-10(8-16)5-13-11/h5-6,8-9,15H,1-4,7H2. The van der Waals surface area contributed by atoms with E-state index in [4.69, 9.17) is 5.11 Å². The largest absolute Gasteiger partial charge is 0.396 e. The maximum Gasteiger partial charge on any atom is 0.170 e. The molecule has 0 spiro atoms. The number of rotatable bonds is 3. The molecule has 16 heavy (non-hydrogen) atoms. The minimum atomic E-state index is 0.267. The smallest absolute Gasteiger partial charge is 0.170 e. The van der Waals surface area contributed by atoms with Crippen molar-refractivity contribution in [2.75, 3.05) is 24.6 Å². The first kappa shape index (κ1) is 11.0. The van der Waals surface area contributed by atoms with Crippen LogP contribution in [0.15, 0.2) is 12.4 Å². The van der Waals surface area contributed by atoms with Crippen molar-refractivity contribution < 1.29 is 9.90 Å². The molecule has 0 radical (unpaired) electrons. The third kappa shape index (κ3) is 2.36. The van der Waals surface area contributed by atoms with Crippen molar-refractivity contribution in [3.63, 3.8) is 0 Å². The SMILES string of the molecule is O=Cc1cnc(N2CCC(CO)CC2)cn1. The Kier molecular flexibility index (Phi) is 3.46. The molecule has 5 nitrogen and oxygen atoms in total. The summed E-state index contributed by atoms with van der Waals surface area (Å²) in [6.45, 7) is 2.05. The Labute approximate surface area is 94.1 Å². The van der Waals surface area contributed by atoms with Crippen molar-refractivity contribution in [2.24, 2.45) is 5.92 Å². The number of carbonyl (C=O) groups is 1. The maximum atomic E-state index is 10.4. The summed E-state index contributed by atoms with van der Waals surface area (Å²) in [7, 11) is 0. The Hall–Kier alpha value is -1.49. The molecule has 0 atom stereocenters. The van der Waals surface area contributed by atoms with Gasteiger partial charge in [-0.1, -0.05) is 0 Å². The maximum absolute atomic E-state index is 10.4. The Balaban J connectivity index is 1.99. The Morgan fingerprint density at radius 3 is 2.62 bits per heavy atom. The molecule has 1 N–H and O–H groups in total. The number of piperidine rings is 1. The van der Waals surface area contributed by atoms with Gasteiger partial charge in [0.2, 0.25) is 0 Å². The van der Waals surface area contributed by atoms with Crippen LogP contribution in [0.2, 0.25) is 0 Å². The van der Waals surface area contributed by atoms with Crippen LogP contribution in [0.1, 0.15) is 23.3 Å². The molecule has 0 saturated carbocycles. The second kappa shape index (κ2) is 5.03. The van der Waals surface area contributed by atoms with Gasteiger partial charge in [0.1, 0.15) is 11.5 Å². The average molecular weight is 221 g/mol. The molecule has 5 heteroatoms. The van der Waals surface area contributed by atoms with Gasteiger partial charge in [0.25, 0.3) is 0 Å². The molecule has 1 aliphatic heterocycles. The third-order valence-corrected chi connectivity index (χ3v) is 2.98. The first-order valence-electron chi connectivity index (χ1n) is 5.46. The van der Waals surface area contributed by atoms with Crippen LogP contribution in [0.25, 0.3) is 0 Å². The molecule has 2 rings (SSSR count). The average Bonchev–Trinajstić information content (AvgIpc) is 2.39. The van der Waals surface area contributed by atoms with Crippen molar-refractivity contribution >= 4 is 12.1 Å². The van der Waals surface area contributed by atoms with E-state index in [1.165, 1.54) is 6.20 Å². The van der Waals surface area contributed by atoms with E-state index in [-0.39, 0.29) is 6.61 Å². The summed E-state index contributed by atoms with van der Waals surface area (Å²) in [5, 5.41) is 9.03. The lowest BCUT2D eigenvalue weighted by Crippen LogP contribution is -2.35. The van der Waals surface area contributed by atoms with Crippen molar-refractivity contribution in [2.45, 2.75) is 12.8 Å². The van der Waals surface area contributed by atoms with E-state index in [0.29, 0.717) is 17.9 Å². The Morgan fingerprint density at radius 2 is 2.12 bits per heavy atom. The third-order valence-electron chi connectivity index (χ3n) is 2.98. The number of anilines is 1. The van der Waals surface area contributed by atoms with Gasteiger partial charge in [-0.15, -0.1) is 0 Å². The molecule has 0 amide bonds. The number of aliphatic hydroxyl groups is 1. The summed E-state index contributed by atoms with van der Waals surface area (Å²) in [6.07, 6.45) is 5.76. The molecule has 0 aliphatic carbocycles. The number of hydrogen-bond donors (Lipinski definition) is 1. The highest BCUT2D eigenvalue weighted by molar-refractivity contribution is 5.71. The summed E-state index contributed by atoms with van der Waals surface area (Å²) >= 11 is 0. The number of hydrogen-bond acceptors (Lipinski definition) is 5. The monoisotopic (exact) mass is 221 g/mol. The van der Waals surface area contributed by atoms with Gasteiger partial charge in [-0.25, -0.2) is 9.97 Å². The number of aldehydes is 1. The van der Waals surface area contributed by atoms with Crippen LogP contribution in [0.4, 0.5) is 5.82 Å². The lowest BCUT2D eigenvalue weighted by Gasteiger charge is -2.31. The molecule has 0 unspecified atom stereocenters. The molecule has 1 aromatic heterocycles.